The number of rotatable bonds is 0. The van der Waals surface area contributed by atoms with Gasteiger partial charge in [0.15, 0.2) is 0 Å². The first kappa shape index (κ1) is 9.84. The maximum atomic E-state index is 11.7. The quantitative estimate of drug-likeness (QED) is 0.724. The summed E-state index contributed by atoms with van der Waals surface area (Å²) in [7, 11) is 0. The molecule has 1 aromatic carbocycles. The summed E-state index contributed by atoms with van der Waals surface area (Å²) >= 11 is 0. The minimum Gasteiger partial charge on any atom is -0.307 e. The Morgan fingerprint density at radius 1 is 1.12 bits per heavy atom. The predicted molar refractivity (Wildman–Crippen MR) is 67.1 cm³/mol. The van der Waals surface area contributed by atoms with Gasteiger partial charge in [-0.1, -0.05) is 12.1 Å². The molecule has 0 spiro atoms. The molecule has 1 aliphatic rings. The number of urea groups is 1. The van der Waals surface area contributed by atoms with E-state index in [1.807, 2.05) is 37.3 Å². The number of nitrogens with zero attached hydrogens (tertiary/aromatic N) is 1. The molecule has 84 valence electrons. The monoisotopic (exact) mass is 225 g/mol. The Labute approximate surface area is 98.7 Å². The molecule has 0 saturated carbocycles. The fourth-order valence-corrected chi connectivity index (χ4v) is 2.10. The van der Waals surface area contributed by atoms with Gasteiger partial charge in [-0.25, -0.2) is 9.78 Å². The van der Waals surface area contributed by atoms with Gasteiger partial charge in [0.25, 0.3) is 0 Å². The highest BCUT2D eigenvalue weighted by atomic mass is 16.2. The summed E-state index contributed by atoms with van der Waals surface area (Å²) in [6.07, 6.45) is 1.67. The van der Waals surface area contributed by atoms with Crippen LogP contribution in [-0.4, -0.2) is 11.0 Å². The van der Waals surface area contributed by atoms with Crippen LogP contribution in [0, 0.1) is 6.92 Å². The summed E-state index contributed by atoms with van der Waals surface area (Å²) in [5.74, 6) is 0.595. The van der Waals surface area contributed by atoms with E-state index in [9.17, 15) is 4.79 Å². The zero-order chi connectivity index (χ0) is 11.8. The summed E-state index contributed by atoms with van der Waals surface area (Å²) in [6.45, 7) is 2.02. The van der Waals surface area contributed by atoms with Gasteiger partial charge in [-0.15, -0.1) is 0 Å². The van der Waals surface area contributed by atoms with Crippen LogP contribution in [0.3, 0.4) is 0 Å². The van der Waals surface area contributed by atoms with Crippen LogP contribution in [0.25, 0.3) is 11.1 Å². The van der Waals surface area contributed by atoms with Crippen LogP contribution >= 0.6 is 0 Å². The third-order valence-electron chi connectivity index (χ3n) is 2.83. The second kappa shape index (κ2) is 3.59. The van der Waals surface area contributed by atoms with E-state index in [1.54, 1.807) is 6.20 Å². The van der Waals surface area contributed by atoms with E-state index in [1.165, 1.54) is 0 Å². The van der Waals surface area contributed by atoms with Gasteiger partial charge >= 0.3 is 6.03 Å². The van der Waals surface area contributed by atoms with Gasteiger partial charge in [-0.2, -0.15) is 0 Å². The van der Waals surface area contributed by atoms with Crippen LogP contribution in [0.4, 0.5) is 16.3 Å². The zero-order valence-electron chi connectivity index (χ0n) is 9.32. The van der Waals surface area contributed by atoms with Gasteiger partial charge < -0.3 is 5.32 Å². The molecule has 2 aromatic rings. The predicted octanol–water partition coefficient (Wildman–Crippen LogP) is 3.01. The van der Waals surface area contributed by atoms with Crippen molar-refractivity contribution in [1.82, 2.24) is 4.98 Å². The normalized spacial score (nSPS) is 12.9. The van der Waals surface area contributed by atoms with Crippen LogP contribution in [0.5, 0.6) is 0 Å². The molecule has 2 N–H and O–H groups in total. The molecule has 2 heterocycles. The first-order chi connectivity index (χ1) is 8.25. The van der Waals surface area contributed by atoms with E-state index in [2.05, 4.69) is 15.6 Å². The molecular formula is C13H11N3O. The number of hydrogen-bond acceptors (Lipinski definition) is 2. The van der Waals surface area contributed by atoms with Crippen LogP contribution in [0.2, 0.25) is 0 Å². The average molecular weight is 225 g/mol. The molecule has 0 bridgehead atoms. The van der Waals surface area contributed by atoms with E-state index in [0.29, 0.717) is 5.82 Å². The third kappa shape index (κ3) is 1.54. The van der Waals surface area contributed by atoms with Crippen molar-refractivity contribution in [3.63, 3.8) is 0 Å². The maximum Gasteiger partial charge on any atom is 0.324 e. The highest BCUT2D eigenvalue weighted by Crippen LogP contribution is 2.36. The number of anilines is 2. The maximum absolute atomic E-state index is 11.7. The van der Waals surface area contributed by atoms with Gasteiger partial charge in [0.05, 0.1) is 5.69 Å². The SMILES string of the molecule is Cc1cccc2c1-c1cccnc1NC(=O)N2. The Morgan fingerprint density at radius 2 is 2.00 bits per heavy atom. The van der Waals surface area contributed by atoms with E-state index in [0.717, 1.165) is 22.4 Å². The fraction of sp³-hybridized carbons (Fsp3) is 0.0769. The molecule has 1 aliphatic heterocycles. The number of amides is 2. The van der Waals surface area contributed by atoms with Crippen molar-refractivity contribution in [3.05, 3.63) is 42.1 Å². The lowest BCUT2D eigenvalue weighted by molar-refractivity contribution is 0.262. The minimum absolute atomic E-state index is 0.255. The summed E-state index contributed by atoms with van der Waals surface area (Å²) in [4.78, 5) is 15.9. The van der Waals surface area contributed by atoms with E-state index < -0.39 is 0 Å². The van der Waals surface area contributed by atoms with Crippen molar-refractivity contribution < 1.29 is 4.79 Å². The largest absolute Gasteiger partial charge is 0.324 e. The molecule has 2 amide bonds. The summed E-state index contributed by atoms with van der Waals surface area (Å²) in [6, 6.07) is 9.41. The molecule has 0 fully saturated rings. The molecule has 0 saturated heterocycles. The van der Waals surface area contributed by atoms with Crippen molar-refractivity contribution in [1.29, 1.82) is 0 Å². The first-order valence-corrected chi connectivity index (χ1v) is 5.39. The molecule has 0 radical (unpaired) electrons. The van der Waals surface area contributed by atoms with Gasteiger partial charge in [0.2, 0.25) is 0 Å². The Kier molecular flexibility index (Phi) is 2.08. The number of carbonyl (C=O) groups is 1. The molecule has 0 unspecified atom stereocenters. The van der Waals surface area contributed by atoms with Crippen LogP contribution < -0.4 is 10.6 Å². The van der Waals surface area contributed by atoms with Crippen molar-refractivity contribution >= 4 is 17.5 Å². The lowest BCUT2D eigenvalue weighted by Crippen LogP contribution is -2.18. The summed E-state index contributed by atoms with van der Waals surface area (Å²) in [5.41, 5.74) is 3.89. The Balaban J connectivity index is 2.35. The molecule has 0 atom stereocenters. The fourth-order valence-electron chi connectivity index (χ4n) is 2.10. The molecule has 1 aromatic heterocycles. The minimum atomic E-state index is -0.255. The topological polar surface area (TPSA) is 54.0 Å². The van der Waals surface area contributed by atoms with Gasteiger partial charge in [-0.05, 0) is 30.7 Å². The van der Waals surface area contributed by atoms with Crippen molar-refractivity contribution in [2.75, 3.05) is 10.6 Å². The Morgan fingerprint density at radius 3 is 2.88 bits per heavy atom. The lowest BCUT2D eigenvalue weighted by atomic mass is 9.99. The number of hydrogen-bond donors (Lipinski definition) is 2. The second-order valence-electron chi connectivity index (χ2n) is 3.98. The lowest BCUT2D eigenvalue weighted by Gasteiger charge is -2.10. The molecule has 3 rings (SSSR count). The Bertz CT molecular complexity index is 607. The third-order valence-corrected chi connectivity index (χ3v) is 2.83. The highest BCUT2D eigenvalue weighted by molar-refractivity contribution is 6.08. The van der Waals surface area contributed by atoms with Gasteiger partial charge in [0.1, 0.15) is 5.82 Å². The number of carbonyl (C=O) groups excluding carboxylic acids is 1. The Hall–Kier alpha value is -2.36. The smallest absolute Gasteiger partial charge is 0.307 e. The summed E-state index contributed by atoms with van der Waals surface area (Å²) in [5, 5.41) is 5.56. The number of benzene rings is 1. The van der Waals surface area contributed by atoms with Crippen molar-refractivity contribution in [2.45, 2.75) is 6.92 Å². The van der Waals surface area contributed by atoms with Crippen molar-refractivity contribution in [3.8, 4) is 11.1 Å². The van der Waals surface area contributed by atoms with Gasteiger partial charge in [-0.3, -0.25) is 5.32 Å². The molecule has 4 heteroatoms. The van der Waals surface area contributed by atoms with Crippen LogP contribution in [0.1, 0.15) is 5.56 Å². The molecule has 0 aliphatic carbocycles. The molecule has 17 heavy (non-hydrogen) atoms. The number of fused-ring (bicyclic) bond motifs is 3. The average Bonchev–Trinajstić information content (AvgIpc) is 2.44. The zero-order valence-corrected chi connectivity index (χ0v) is 9.32. The highest BCUT2D eigenvalue weighted by Gasteiger charge is 2.19. The summed E-state index contributed by atoms with van der Waals surface area (Å²) < 4.78 is 0. The van der Waals surface area contributed by atoms with E-state index in [-0.39, 0.29) is 6.03 Å². The first-order valence-electron chi connectivity index (χ1n) is 5.39. The molecular weight excluding hydrogens is 214 g/mol. The van der Waals surface area contributed by atoms with Crippen molar-refractivity contribution in [2.24, 2.45) is 0 Å². The molecule has 4 nitrogen and oxygen atoms in total. The number of aryl methyl sites for hydroxylation is 1. The van der Waals surface area contributed by atoms with E-state index >= 15 is 0 Å². The second-order valence-corrected chi connectivity index (χ2v) is 3.98. The van der Waals surface area contributed by atoms with Crippen LogP contribution in [0.15, 0.2) is 36.5 Å². The number of nitrogens with one attached hydrogen (secondary N) is 2. The standard InChI is InChI=1S/C13H11N3O/c1-8-4-2-6-10-11(8)9-5-3-7-14-12(9)16-13(17)15-10/h2-7H,1H3,(H2,14,15,16,17). The van der Waals surface area contributed by atoms with Crippen LogP contribution in [-0.2, 0) is 0 Å². The number of aromatic nitrogens is 1. The number of pyridine rings is 1. The van der Waals surface area contributed by atoms with Gasteiger partial charge in [0, 0.05) is 17.3 Å². The van der Waals surface area contributed by atoms with E-state index in [4.69, 9.17) is 0 Å².